The molecule has 4 heterocycles. The molecule has 0 amide bonds. The molecule has 0 bridgehead atoms. The molecule has 8 aromatic carbocycles. The monoisotopic (exact) mass is 746 g/mol. The van der Waals surface area contributed by atoms with Gasteiger partial charge in [0.2, 0.25) is 0 Å². The molecule has 0 aliphatic carbocycles. The molecule has 0 fully saturated rings. The molecule has 12 rings (SSSR count). The first-order valence-electron chi connectivity index (χ1n) is 19.0. The largest absolute Gasteiger partial charge is 0.455 e. The van der Waals surface area contributed by atoms with Gasteiger partial charge >= 0.3 is 0 Å². The third kappa shape index (κ3) is 5.04. The topological polar surface area (TPSA) is 56.7 Å². The molecule has 57 heavy (non-hydrogen) atoms. The number of para-hydroxylation sites is 2. The number of nitrogens with zero attached hydrogens (tertiary/aromatic N) is 4. The summed E-state index contributed by atoms with van der Waals surface area (Å²) in [7, 11) is 0. The Labute approximate surface area is 330 Å². The molecule has 0 aliphatic heterocycles. The Kier molecular flexibility index (Phi) is 7.03. The summed E-state index contributed by atoms with van der Waals surface area (Å²) in [6.45, 7) is 0. The van der Waals surface area contributed by atoms with Gasteiger partial charge < -0.3 is 8.98 Å². The predicted molar refractivity (Wildman–Crippen MR) is 236 cm³/mol. The van der Waals surface area contributed by atoms with Crippen molar-refractivity contribution in [3.63, 3.8) is 0 Å². The quantitative estimate of drug-likeness (QED) is 0.176. The summed E-state index contributed by atoms with van der Waals surface area (Å²) >= 11 is 1.79. The number of aromatic nitrogens is 4. The van der Waals surface area contributed by atoms with Gasteiger partial charge in [-0.3, -0.25) is 0 Å². The highest BCUT2D eigenvalue weighted by Crippen LogP contribution is 2.43. The van der Waals surface area contributed by atoms with Crippen LogP contribution >= 0.6 is 11.3 Å². The Morgan fingerprint density at radius 2 is 1.02 bits per heavy atom. The lowest BCUT2D eigenvalue weighted by atomic mass is 10.0. The van der Waals surface area contributed by atoms with Gasteiger partial charge in [0.15, 0.2) is 17.5 Å². The third-order valence-corrected chi connectivity index (χ3v) is 12.2. The SMILES string of the molecule is c1ccc(-c2nc(-c3ccc4c(c3)oc3c(-c5ccccc5)cc(-n5c6ccccc6c6ccccc65)cc34)nc(-c3cccc4sc5ccccc5c34)n2)cc1. The molecule has 0 saturated carbocycles. The average molecular weight is 747 g/mol. The second-order valence-corrected chi connectivity index (χ2v) is 15.5. The van der Waals surface area contributed by atoms with E-state index in [9.17, 15) is 0 Å². The zero-order valence-electron chi connectivity index (χ0n) is 30.4. The lowest BCUT2D eigenvalue weighted by Gasteiger charge is -2.11. The summed E-state index contributed by atoms with van der Waals surface area (Å²) in [6.07, 6.45) is 0. The van der Waals surface area contributed by atoms with Crippen molar-refractivity contribution in [3.8, 4) is 51.0 Å². The molecule has 0 atom stereocenters. The van der Waals surface area contributed by atoms with E-state index in [0.29, 0.717) is 17.5 Å². The summed E-state index contributed by atoms with van der Waals surface area (Å²) in [5.74, 6) is 1.85. The van der Waals surface area contributed by atoms with Crippen LogP contribution in [-0.4, -0.2) is 19.5 Å². The number of rotatable bonds is 5. The molecular formula is C51H30N4OS. The minimum atomic E-state index is 0.590. The third-order valence-electron chi connectivity index (χ3n) is 11.0. The summed E-state index contributed by atoms with van der Waals surface area (Å²) in [6, 6.07) is 63.7. The molecule has 4 aromatic heterocycles. The van der Waals surface area contributed by atoms with Gasteiger partial charge in [-0.15, -0.1) is 11.3 Å². The van der Waals surface area contributed by atoms with Gasteiger partial charge in [-0.05, 0) is 54.1 Å². The van der Waals surface area contributed by atoms with Crippen molar-refractivity contribution in [1.82, 2.24) is 19.5 Å². The molecule has 266 valence electrons. The van der Waals surface area contributed by atoms with Gasteiger partial charge in [0, 0.05) is 69.7 Å². The normalized spacial score (nSPS) is 11.9. The average Bonchev–Trinajstić information content (AvgIpc) is 3.96. The molecule has 0 N–H and O–H groups in total. The Morgan fingerprint density at radius 3 is 1.77 bits per heavy atom. The standard InChI is InChI=1S/C51H30N4OS/c1-3-14-31(15-4-1)40-29-34(55-42-22-10-7-18-35(42)36-19-8-11-23-43(36)55)30-41-37-27-26-33(28-44(37)56-48(40)41)50-52-49(32-16-5-2-6-17-32)53-51(54-50)39-21-13-25-46-47(39)38-20-9-12-24-45(38)57-46/h1-30H. The van der Waals surface area contributed by atoms with Crippen LogP contribution in [0.25, 0.3) is 115 Å². The van der Waals surface area contributed by atoms with Gasteiger partial charge in [0.25, 0.3) is 0 Å². The van der Waals surface area contributed by atoms with Gasteiger partial charge in [-0.25, -0.2) is 15.0 Å². The smallest absolute Gasteiger partial charge is 0.164 e. The molecule has 0 unspecified atom stereocenters. The fraction of sp³-hybridized carbons (Fsp3) is 0. The van der Waals surface area contributed by atoms with Crippen molar-refractivity contribution in [2.75, 3.05) is 0 Å². The van der Waals surface area contributed by atoms with Crippen LogP contribution in [-0.2, 0) is 0 Å². The Morgan fingerprint density at radius 1 is 0.404 bits per heavy atom. The number of hydrogen-bond donors (Lipinski definition) is 0. The lowest BCUT2D eigenvalue weighted by molar-refractivity contribution is 0.670. The van der Waals surface area contributed by atoms with Gasteiger partial charge in [-0.2, -0.15) is 0 Å². The zero-order chi connectivity index (χ0) is 37.5. The van der Waals surface area contributed by atoms with Crippen LogP contribution in [0.1, 0.15) is 0 Å². The maximum absolute atomic E-state index is 6.89. The van der Waals surface area contributed by atoms with E-state index < -0.39 is 0 Å². The number of thiophene rings is 1. The molecule has 0 saturated heterocycles. The highest BCUT2D eigenvalue weighted by molar-refractivity contribution is 7.25. The van der Waals surface area contributed by atoms with Crippen LogP contribution in [0.15, 0.2) is 186 Å². The van der Waals surface area contributed by atoms with Crippen LogP contribution in [0, 0.1) is 0 Å². The second kappa shape index (κ2) is 12.6. The molecule has 5 nitrogen and oxygen atoms in total. The number of furan rings is 1. The summed E-state index contributed by atoms with van der Waals surface area (Å²) in [4.78, 5) is 15.4. The molecular weight excluding hydrogens is 717 g/mol. The first-order chi connectivity index (χ1) is 28.2. The van der Waals surface area contributed by atoms with Crippen LogP contribution in [0.4, 0.5) is 0 Å². The maximum atomic E-state index is 6.89. The minimum Gasteiger partial charge on any atom is -0.455 e. The summed E-state index contributed by atoms with van der Waals surface area (Å²) in [5, 5.41) is 6.90. The number of benzene rings is 8. The van der Waals surface area contributed by atoms with Gasteiger partial charge in [-0.1, -0.05) is 133 Å². The van der Waals surface area contributed by atoms with E-state index in [4.69, 9.17) is 19.4 Å². The Balaban J connectivity index is 1.09. The number of hydrogen-bond acceptors (Lipinski definition) is 5. The van der Waals surface area contributed by atoms with Crippen molar-refractivity contribution in [3.05, 3.63) is 182 Å². The van der Waals surface area contributed by atoms with Crippen LogP contribution < -0.4 is 0 Å². The highest BCUT2D eigenvalue weighted by Gasteiger charge is 2.21. The van der Waals surface area contributed by atoms with Crippen molar-refractivity contribution in [1.29, 1.82) is 0 Å². The van der Waals surface area contributed by atoms with E-state index in [1.54, 1.807) is 11.3 Å². The highest BCUT2D eigenvalue weighted by atomic mass is 32.1. The van der Waals surface area contributed by atoms with Gasteiger partial charge in [0.05, 0.1) is 11.0 Å². The summed E-state index contributed by atoms with van der Waals surface area (Å²) < 4.78 is 11.7. The van der Waals surface area contributed by atoms with Crippen LogP contribution in [0.2, 0.25) is 0 Å². The maximum Gasteiger partial charge on any atom is 0.164 e. The van der Waals surface area contributed by atoms with E-state index >= 15 is 0 Å². The molecule has 0 aliphatic rings. The van der Waals surface area contributed by atoms with Crippen molar-refractivity contribution in [2.45, 2.75) is 0 Å². The van der Waals surface area contributed by atoms with E-state index in [-0.39, 0.29) is 0 Å². The Hall–Kier alpha value is -7.41. The van der Waals surface area contributed by atoms with E-state index in [0.717, 1.165) is 71.9 Å². The molecule has 12 aromatic rings. The van der Waals surface area contributed by atoms with E-state index in [1.807, 2.05) is 30.3 Å². The van der Waals surface area contributed by atoms with Crippen LogP contribution in [0.5, 0.6) is 0 Å². The van der Waals surface area contributed by atoms with Crippen molar-refractivity contribution < 1.29 is 4.42 Å². The second-order valence-electron chi connectivity index (χ2n) is 14.4. The zero-order valence-corrected chi connectivity index (χ0v) is 31.2. The van der Waals surface area contributed by atoms with Gasteiger partial charge in [0.1, 0.15) is 11.2 Å². The lowest BCUT2D eigenvalue weighted by Crippen LogP contribution is -2.00. The van der Waals surface area contributed by atoms with E-state index in [2.05, 4.69) is 156 Å². The van der Waals surface area contributed by atoms with Crippen LogP contribution in [0.3, 0.4) is 0 Å². The molecule has 0 radical (unpaired) electrons. The minimum absolute atomic E-state index is 0.590. The number of fused-ring (bicyclic) bond motifs is 9. The summed E-state index contributed by atoms with van der Waals surface area (Å²) in [5.41, 5.74) is 9.92. The van der Waals surface area contributed by atoms with Crippen molar-refractivity contribution >= 4 is 75.3 Å². The first-order valence-corrected chi connectivity index (χ1v) is 19.8. The molecule has 6 heteroatoms. The fourth-order valence-corrected chi connectivity index (χ4v) is 9.60. The van der Waals surface area contributed by atoms with E-state index in [1.165, 1.54) is 25.6 Å². The fourth-order valence-electron chi connectivity index (χ4n) is 8.47. The first kappa shape index (κ1) is 31.9. The Bertz CT molecular complexity index is 3470. The van der Waals surface area contributed by atoms with Crippen molar-refractivity contribution in [2.24, 2.45) is 0 Å². The predicted octanol–water partition coefficient (Wildman–Crippen LogP) is 13.9. The molecule has 0 spiro atoms.